The van der Waals surface area contributed by atoms with Crippen molar-refractivity contribution < 1.29 is 13.9 Å². The minimum absolute atomic E-state index is 0.214. The van der Waals surface area contributed by atoms with Crippen LogP contribution in [0.2, 0.25) is 0 Å². The number of carbonyl (C=O) groups is 1. The second-order valence-electron chi connectivity index (χ2n) is 6.43. The maximum absolute atomic E-state index is 14.0. The maximum atomic E-state index is 14.0. The zero-order valence-corrected chi connectivity index (χ0v) is 15.8. The number of halogens is 1. The lowest BCUT2D eigenvalue weighted by atomic mass is 10.0. The van der Waals surface area contributed by atoms with Crippen molar-refractivity contribution in [2.75, 3.05) is 20.3 Å². The molecule has 1 amide bonds. The van der Waals surface area contributed by atoms with E-state index in [9.17, 15) is 9.18 Å². The molecule has 0 aliphatic carbocycles. The zero-order chi connectivity index (χ0) is 19.4. The Morgan fingerprint density at radius 2 is 2.07 bits per heavy atom. The SMILES string of the molecule is COCCCNC(=O)c1cnn2c(C)c(Cc3ccccc3F)c(C)nc12. The fraction of sp³-hybridized carbons (Fsp3) is 0.350. The number of benzene rings is 1. The van der Waals surface area contributed by atoms with Gasteiger partial charge < -0.3 is 10.1 Å². The summed E-state index contributed by atoms with van der Waals surface area (Å²) in [6.07, 6.45) is 2.68. The summed E-state index contributed by atoms with van der Waals surface area (Å²) in [6.45, 7) is 4.89. The smallest absolute Gasteiger partial charge is 0.256 e. The van der Waals surface area contributed by atoms with Crippen LogP contribution in [0.4, 0.5) is 4.39 Å². The van der Waals surface area contributed by atoms with Gasteiger partial charge in [-0.15, -0.1) is 0 Å². The first kappa shape index (κ1) is 19.0. The number of aromatic nitrogens is 3. The number of fused-ring (bicyclic) bond motifs is 1. The van der Waals surface area contributed by atoms with Gasteiger partial charge >= 0.3 is 0 Å². The average Bonchev–Trinajstić information content (AvgIpc) is 3.07. The van der Waals surface area contributed by atoms with Crippen molar-refractivity contribution in [1.82, 2.24) is 19.9 Å². The Balaban J connectivity index is 1.90. The van der Waals surface area contributed by atoms with E-state index in [0.29, 0.717) is 36.3 Å². The van der Waals surface area contributed by atoms with Crippen LogP contribution >= 0.6 is 0 Å². The minimum atomic E-state index is -0.243. The van der Waals surface area contributed by atoms with Crippen molar-refractivity contribution in [3.05, 3.63) is 64.4 Å². The Morgan fingerprint density at radius 1 is 1.30 bits per heavy atom. The van der Waals surface area contributed by atoms with Gasteiger partial charge in [-0.05, 0) is 37.5 Å². The molecule has 3 aromatic rings. The summed E-state index contributed by atoms with van der Waals surface area (Å²) in [7, 11) is 1.63. The Bertz CT molecular complexity index is 968. The van der Waals surface area contributed by atoms with Gasteiger partial charge in [0.15, 0.2) is 5.65 Å². The Labute approximate surface area is 157 Å². The van der Waals surface area contributed by atoms with E-state index in [1.54, 1.807) is 23.8 Å². The van der Waals surface area contributed by atoms with E-state index in [4.69, 9.17) is 4.74 Å². The summed E-state index contributed by atoms with van der Waals surface area (Å²) in [5.41, 5.74) is 4.05. The van der Waals surface area contributed by atoms with E-state index in [2.05, 4.69) is 15.4 Å². The van der Waals surface area contributed by atoms with Crippen molar-refractivity contribution in [3.63, 3.8) is 0 Å². The third-order valence-corrected chi connectivity index (χ3v) is 4.59. The quantitative estimate of drug-likeness (QED) is 0.650. The van der Waals surface area contributed by atoms with Gasteiger partial charge in [0, 0.05) is 38.1 Å². The summed E-state index contributed by atoms with van der Waals surface area (Å²) in [6, 6.07) is 6.70. The first-order valence-electron chi connectivity index (χ1n) is 8.87. The molecular formula is C20H23FN4O2. The fourth-order valence-electron chi connectivity index (χ4n) is 3.07. The first-order chi connectivity index (χ1) is 13.0. The zero-order valence-electron chi connectivity index (χ0n) is 15.8. The van der Waals surface area contributed by atoms with Gasteiger partial charge in [-0.25, -0.2) is 13.9 Å². The van der Waals surface area contributed by atoms with Gasteiger partial charge in [0.2, 0.25) is 0 Å². The molecule has 3 rings (SSSR count). The van der Waals surface area contributed by atoms with Crippen LogP contribution in [0.15, 0.2) is 30.5 Å². The number of hydrogen-bond donors (Lipinski definition) is 1. The molecule has 0 atom stereocenters. The maximum Gasteiger partial charge on any atom is 0.256 e. The molecule has 0 unspecified atom stereocenters. The van der Waals surface area contributed by atoms with Crippen molar-refractivity contribution in [2.45, 2.75) is 26.7 Å². The minimum Gasteiger partial charge on any atom is -0.385 e. The lowest BCUT2D eigenvalue weighted by Gasteiger charge is -2.12. The Morgan fingerprint density at radius 3 is 2.81 bits per heavy atom. The van der Waals surface area contributed by atoms with E-state index in [0.717, 1.165) is 23.4 Å². The van der Waals surface area contributed by atoms with Gasteiger partial charge in [0.1, 0.15) is 11.4 Å². The third-order valence-electron chi connectivity index (χ3n) is 4.59. The molecule has 0 fully saturated rings. The number of carbonyl (C=O) groups excluding carboxylic acids is 1. The molecule has 0 radical (unpaired) electrons. The Kier molecular flexibility index (Phi) is 5.81. The van der Waals surface area contributed by atoms with Crippen molar-refractivity contribution in [2.24, 2.45) is 0 Å². The fourth-order valence-corrected chi connectivity index (χ4v) is 3.07. The molecule has 1 N–H and O–H groups in total. The van der Waals surface area contributed by atoms with Crippen LogP contribution in [-0.4, -0.2) is 40.8 Å². The highest BCUT2D eigenvalue weighted by molar-refractivity contribution is 5.99. The van der Waals surface area contributed by atoms with Crippen LogP contribution in [0.1, 0.15) is 39.3 Å². The van der Waals surface area contributed by atoms with Crippen molar-refractivity contribution >= 4 is 11.6 Å². The molecule has 2 aromatic heterocycles. The normalized spacial score (nSPS) is 11.1. The molecule has 0 bridgehead atoms. The highest BCUT2D eigenvalue weighted by Crippen LogP contribution is 2.21. The number of aryl methyl sites for hydroxylation is 2. The van der Waals surface area contributed by atoms with Crippen molar-refractivity contribution in [1.29, 1.82) is 0 Å². The largest absolute Gasteiger partial charge is 0.385 e. The van der Waals surface area contributed by atoms with Crippen LogP contribution < -0.4 is 5.32 Å². The predicted octanol–water partition coefficient (Wildman–Crippen LogP) is 2.84. The van der Waals surface area contributed by atoms with Crippen LogP contribution in [0, 0.1) is 19.7 Å². The van der Waals surface area contributed by atoms with Gasteiger partial charge in [0.25, 0.3) is 5.91 Å². The molecule has 0 saturated carbocycles. The van der Waals surface area contributed by atoms with E-state index in [-0.39, 0.29) is 11.7 Å². The number of rotatable bonds is 7. The summed E-state index contributed by atoms with van der Waals surface area (Å²) in [5, 5.41) is 7.18. The van der Waals surface area contributed by atoms with Gasteiger partial charge in [-0.2, -0.15) is 5.10 Å². The van der Waals surface area contributed by atoms with E-state index < -0.39 is 0 Å². The monoisotopic (exact) mass is 370 g/mol. The van der Waals surface area contributed by atoms with Gasteiger partial charge in [-0.1, -0.05) is 18.2 Å². The number of methoxy groups -OCH3 is 1. The molecule has 0 aliphatic heterocycles. The third kappa shape index (κ3) is 3.98. The van der Waals surface area contributed by atoms with Crippen LogP contribution in [0.3, 0.4) is 0 Å². The number of hydrogen-bond acceptors (Lipinski definition) is 4. The molecule has 7 heteroatoms. The number of nitrogens with one attached hydrogen (secondary N) is 1. The molecule has 1 aromatic carbocycles. The topological polar surface area (TPSA) is 68.5 Å². The molecular weight excluding hydrogens is 347 g/mol. The lowest BCUT2D eigenvalue weighted by molar-refractivity contribution is 0.0950. The second-order valence-corrected chi connectivity index (χ2v) is 6.43. The molecule has 2 heterocycles. The summed E-state index contributed by atoms with van der Waals surface area (Å²) in [5.74, 6) is -0.456. The number of ether oxygens (including phenoxy) is 1. The summed E-state index contributed by atoms with van der Waals surface area (Å²) >= 11 is 0. The van der Waals surface area contributed by atoms with Crippen LogP contribution in [0.5, 0.6) is 0 Å². The predicted molar refractivity (Wildman–Crippen MR) is 100 cm³/mol. The van der Waals surface area contributed by atoms with E-state index >= 15 is 0 Å². The van der Waals surface area contributed by atoms with Crippen molar-refractivity contribution in [3.8, 4) is 0 Å². The molecule has 0 aliphatic rings. The molecule has 27 heavy (non-hydrogen) atoms. The van der Waals surface area contributed by atoms with Gasteiger partial charge in [-0.3, -0.25) is 4.79 Å². The highest BCUT2D eigenvalue weighted by Gasteiger charge is 2.18. The second kappa shape index (κ2) is 8.26. The average molecular weight is 370 g/mol. The summed E-state index contributed by atoms with van der Waals surface area (Å²) in [4.78, 5) is 17.0. The molecule has 6 nitrogen and oxygen atoms in total. The van der Waals surface area contributed by atoms with E-state index in [1.165, 1.54) is 12.3 Å². The lowest BCUT2D eigenvalue weighted by Crippen LogP contribution is -2.25. The van der Waals surface area contributed by atoms with E-state index in [1.807, 2.05) is 19.9 Å². The van der Waals surface area contributed by atoms with Gasteiger partial charge in [0.05, 0.1) is 6.20 Å². The number of amides is 1. The highest BCUT2D eigenvalue weighted by atomic mass is 19.1. The Hall–Kier alpha value is -2.80. The molecule has 142 valence electrons. The van der Waals surface area contributed by atoms with Crippen LogP contribution in [-0.2, 0) is 11.2 Å². The van der Waals surface area contributed by atoms with Crippen LogP contribution in [0.25, 0.3) is 5.65 Å². The molecule has 0 spiro atoms. The molecule has 0 saturated heterocycles. The first-order valence-corrected chi connectivity index (χ1v) is 8.87. The standard InChI is InChI=1S/C20H23FN4O2/c1-13-16(11-15-7-4-5-8-18(15)21)14(2)25-19(24-13)17(12-23-25)20(26)22-9-6-10-27-3/h4-5,7-8,12H,6,9-11H2,1-3H3,(H,22,26). The summed E-state index contributed by atoms with van der Waals surface area (Å²) < 4.78 is 20.7. The number of nitrogens with zero attached hydrogens (tertiary/aromatic N) is 3.